The van der Waals surface area contributed by atoms with Gasteiger partial charge in [-0.05, 0) is 37.1 Å². The van der Waals surface area contributed by atoms with E-state index < -0.39 is 0 Å². The van der Waals surface area contributed by atoms with E-state index >= 15 is 0 Å². The van der Waals surface area contributed by atoms with E-state index in [4.69, 9.17) is 5.73 Å². The highest BCUT2D eigenvalue weighted by Crippen LogP contribution is 2.40. The normalized spacial score (nSPS) is 24.2. The molecule has 0 aliphatic heterocycles. The summed E-state index contributed by atoms with van der Waals surface area (Å²) in [7, 11) is 0. The summed E-state index contributed by atoms with van der Waals surface area (Å²) in [6.07, 6.45) is 9.69. The van der Waals surface area contributed by atoms with Gasteiger partial charge in [-0.2, -0.15) is 0 Å². The molecule has 0 spiro atoms. The van der Waals surface area contributed by atoms with Crippen LogP contribution in [-0.4, -0.2) is 6.54 Å². The Labute approximate surface area is 83.1 Å². The minimum atomic E-state index is 0.522. The minimum absolute atomic E-state index is 0.522. The van der Waals surface area contributed by atoms with Gasteiger partial charge in [0.15, 0.2) is 0 Å². The summed E-state index contributed by atoms with van der Waals surface area (Å²) in [6.45, 7) is 5.57. The largest absolute Gasteiger partial charge is 0.330 e. The third-order valence-corrected chi connectivity index (χ3v) is 3.83. The fraction of sp³-hybridized carbons (Fsp3) is 1.00. The molecule has 0 bridgehead atoms. The Bertz CT molecular complexity index is 136. The van der Waals surface area contributed by atoms with Crippen molar-refractivity contribution in [3.05, 3.63) is 0 Å². The van der Waals surface area contributed by atoms with Gasteiger partial charge in [0.05, 0.1) is 0 Å². The lowest BCUT2D eigenvalue weighted by Crippen LogP contribution is -2.34. The zero-order chi connectivity index (χ0) is 9.73. The molecular weight excluding hydrogens is 158 g/mol. The van der Waals surface area contributed by atoms with Crippen LogP contribution in [0.2, 0.25) is 0 Å². The number of nitrogens with two attached hydrogens (primary N) is 1. The zero-order valence-corrected chi connectivity index (χ0v) is 9.31. The van der Waals surface area contributed by atoms with Crippen molar-refractivity contribution >= 4 is 0 Å². The monoisotopic (exact) mass is 183 g/mol. The van der Waals surface area contributed by atoms with Crippen LogP contribution in [-0.2, 0) is 0 Å². The molecule has 1 nitrogen and oxygen atoms in total. The molecule has 0 heterocycles. The Balaban J connectivity index is 2.47. The first-order valence-corrected chi connectivity index (χ1v) is 5.92. The Morgan fingerprint density at radius 1 is 1.23 bits per heavy atom. The average Bonchev–Trinajstić information content (AvgIpc) is 2.19. The topological polar surface area (TPSA) is 26.0 Å². The van der Waals surface area contributed by atoms with Gasteiger partial charge in [-0.15, -0.1) is 0 Å². The van der Waals surface area contributed by atoms with Gasteiger partial charge in [0.1, 0.15) is 0 Å². The van der Waals surface area contributed by atoms with Gasteiger partial charge in [-0.3, -0.25) is 0 Å². The first-order chi connectivity index (χ1) is 6.22. The van der Waals surface area contributed by atoms with E-state index in [0.717, 1.165) is 12.5 Å². The van der Waals surface area contributed by atoms with Crippen molar-refractivity contribution in [1.82, 2.24) is 0 Å². The van der Waals surface area contributed by atoms with Crippen LogP contribution in [0.1, 0.15) is 58.8 Å². The third-order valence-electron chi connectivity index (χ3n) is 3.83. The number of hydrogen-bond donors (Lipinski definition) is 1. The first kappa shape index (κ1) is 11.0. The third kappa shape index (κ3) is 2.98. The predicted molar refractivity (Wildman–Crippen MR) is 58.6 cm³/mol. The number of rotatable bonds is 4. The maximum atomic E-state index is 5.94. The van der Waals surface area contributed by atoms with E-state index in [0.29, 0.717) is 5.41 Å². The molecule has 1 aliphatic rings. The smallest absolute Gasteiger partial charge is 0.00204 e. The van der Waals surface area contributed by atoms with Crippen LogP contribution in [0.5, 0.6) is 0 Å². The molecule has 1 heteroatoms. The zero-order valence-electron chi connectivity index (χ0n) is 9.31. The lowest BCUT2D eigenvalue weighted by molar-refractivity contribution is 0.153. The summed E-state index contributed by atoms with van der Waals surface area (Å²) in [5, 5.41) is 0. The molecule has 1 atom stereocenters. The Morgan fingerprint density at radius 3 is 2.31 bits per heavy atom. The molecule has 1 fully saturated rings. The minimum Gasteiger partial charge on any atom is -0.330 e. The molecule has 0 radical (unpaired) electrons. The molecule has 2 N–H and O–H groups in total. The Morgan fingerprint density at radius 2 is 1.85 bits per heavy atom. The van der Waals surface area contributed by atoms with Gasteiger partial charge in [0.25, 0.3) is 0 Å². The van der Waals surface area contributed by atoms with Gasteiger partial charge >= 0.3 is 0 Å². The Kier molecular flexibility index (Phi) is 4.24. The molecule has 0 aromatic rings. The second-order valence-electron chi connectivity index (χ2n) is 4.98. The van der Waals surface area contributed by atoms with Crippen LogP contribution in [0.4, 0.5) is 0 Å². The van der Waals surface area contributed by atoms with Crippen LogP contribution >= 0.6 is 0 Å². The van der Waals surface area contributed by atoms with E-state index in [1.807, 2.05) is 0 Å². The maximum Gasteiger partial charge on any atom is -0.00204 e. The lowest BCUT2D eigenvalue weighted by atomic mass is 9.69. The summed E-state index contributed by atoms with van der Waals surface area (Å²) in [6, 6.07) is 0. The first-order valence-electron chi connectivity index (χ1n) is 5.92. The highest BCUT2D eigenvalue weighted by atomic mass is 14.6. The van der Waals surface area contributed by atoms with Crippen molar-refractivity contribution in [2.75, 3.05) is 6.54 Å². The van der Waals surface area contributed by atoms with Crippen molar-refractivity contribution in [2.24, 2.45) is 17.1 Å². The molecule has 1 saturated carbocycles. The highest BCUT2D eigenvalue weighted by Gasteiger charge is 2.31. The molecule has 1 rings (SSSR count). The average molecular weight is 183 g/mol. The van der Waals surface area contributed by atoms with Crippen molar-refractivity contribution in [3.8, 4) is 0 Å². The molecule has 0 aromatic heterocycles. The van der Waals surface area contributed by atoms with E-state index in [1.54, 1.807) is 0 Å². The second-order valence-corrected chi connectivity index (χ2v) is 4.98. The highest BCUT2D eigenvalue weighted by molar-refractivity contribution is 4.84. The van der Waals surface area contributed by atoms with Crippen molar-refractivity contribution in [3.63, 3.8) is 0 Å². The van der Waals surface area contributed by atoms with Crippen LogP contribution in [0, 0.1) is 11.3 Å². The fourth-order valence-electron chi connectivity index (χ4n) is 2.68. The molecule has 78 valence electrons. The van der Waals surface area contributed by atoms with Crippen molar-refractivity contribution in [1.29, 1.82) is 0 Å². The molecule has 13 heavy (non-hydrogen) atoms. The second kappa shape index (κ2) is 4.99. The fourth-order valence-corrected chi connectivity index (χ4v) is 2.68. The van der Waals surface area contributed by atoms with Gasteiger partial charge in [0, 0.05) is 0 Å². The van der Waals surface area contributed by atoms with Crippen LogP contribution in [0.15, 0.2) is 0 Å². The summed E-state index contributed by atoms with van der Waals surface area (Å²) >= 11 is 0. The van der Waals surface area contributed by atoms with E-state index in [1.165, 1.54) is 44.9 Å². The molecule has 1 unspecified atom stereocenters. The van der Waals surface area contributed by atoms with Crippen molar-refractivity contribution in [2.45, 2.75) is 58.8 Å². The predicted octanol–water partition coefficient (Wildman–Crippen LogP) is 3.33. The summed E-state index contributed by atoms with van der Waals surface area (Å²) in [5.74, 6) is 0.863. The van der Waals surface area contributed by atoms with Gasteiger partial charge < -0.3 is 5.73 Å². The van der Waals surface area contributed by atoms with Gasteiger partial charge in [-0.25, -0.2) is 0 Å². The summed E-state index contributed by atoms with van der Waals surface area (Å²) in [4.78, 5) is 0. The summed E-state index contributed by atoms with van der Waals surface area (Å²) in [5.41, 5.74) is 6.46. The Hall–Kier alpha value is -0.0400. The molecule has 0 amide bonds. The molecule has 1 aliphatic carbocycles. The molecule has 0 aromatic carbocycles. The van der Waals surface area contributed by atoms with Crippen molar-refractivity contribution < 1.29 is 0 Å². The van der Waals surface area contributed by atoms with Gasteiger partial charge in [-0.1, -0.05) is 39.5 Å². The van der Waals surface area contributed by atoms with E-state index in [-0.39, 0.29) is 0 Å². The standard InChI is InChI=1S/C12H25N/c1-3-11(2)9-12(10-13)7-5-4-6-8-12/h11H,3-10,13H2,1-2H3. The summed E-state index contributed by atoms with van der Waals surface area (Å²) < 4.78 is 0. The lowest BCUT2D eigenvalue weighted by Gasteiger charge is -2.38. The maximum absolute atomic E-state index is 5.94. The van der Waals surface area contributed by atoms with E-state index in [2.05, 4.69) is 13.8 Å². The van der Waals surface area contributed by atoms with Crippen LogP contribution < -0.4 is 5.73 Å². The quantitative estimate of drug-likeness (QED) is 0.711. The number of hydrogen-bond acceptors (Lipinski definition) is 1. The van der Waals surface area contributed by atoms with Crippen LogP contribution in [0.25, 0.3) is 0 Å². The molecular formula is C12H25N. The van der Waals surface area contributed by atoms with E-state index in [9.17, 15) is 0 Å². The van der Waals surface area contributed by atoms with Crippen LogP contribution in [0.3, 0.4) is 0 Å². The SMILES string of the molecule is CCC(C)CC1(CN)CCCCC1. The molecule has 0 saturated heterocycles. The van der Waals surface area contributed by atoms with Gasteiger partial charge in [0.2, 0.25) is 0 Å².